The van der Waals surface area contributed by atoms with Crippen molar-refractivity contribution in [3.05, 3.63) is 58.1 Å². The van der Waals surface area contributed by atoms with Crippen LogP contribution >= 0.6 is 23.2 Å². The van der Waals surface area contributed by atoms with Crippen LogP contribution in [-0.4, -0.2) is 16.2 Å². The first-order valence-electron chi connectivity index (χ1n) is 5.92. The van der Waals surface area contributed by atoms with E-state index in [1.807, 2.05) is 24.3 Å². The van der Waals surface area contributed by atoms with E-state index in [4.69, 9.17) is 23.2 Å². The number of aromatic amines is 1. The number of halogens is 2. The summed E-state index contributed by atoms with van der Waals surface area (Å²) in [6.45, 7) is 0. The minimum atomic E-state index is 0.549. The molecule has 0 saturated heterocycles. The highest BCUT2D eigenvalue weighted by molar-refractivity contribution is 6.38. The summed E-state index contributed by atoms with van der Waals surface area (Å²) in [5.74, 6) is 0.561. The lowest BCUT2D eigenvalue weighted by Crippen LogP contribution is -1.93. The Bertz CT molecular complexity index is 726. The molecule has 0 unspecified atom stereocenters. The van der Waals surface area contributed by atoms with Gasteiger partial charge >= 0.3 is 0 Å². The molecular weight excluding hydrogens is 295 g/mol. The van der Waals surface area contributed by atoms with E-state index in [0.717, 1.165) is 11.0 Å². The van der Waals surface area contributed by atoms with Crippen molar-refractivity contribution in [2.24, 2.45) is 5.10 Å². The number of hydrogen-bond donors (Lipinski definition) is 2. The molecule has 0 aliphatic rings. The molecule has 1 aromatic heterocycles. The van der Waals surface area contributed by atoms with Crippen molar-refractivity contribution < 1.29 is 0 Å². The van der Waals surface area contributed by atoms with Gasteiger partial charge in [-0.05, 0) is 24.3 Å². The second-order valence-electron chi connectivity index (χ2n) is 4.11. The predicted molar refractivity (Wildman–Crippen MR) is 83.8 cm³/mol. The molecule has 0 fully saturated rings. The predicted octanol–water partition coefficient (Wildman–Crippen LogP) is 4.32. The summed E-state index contributed by atoms with van der Waals surface area (Å²) in [7, 11) is 0. The molecule has 0 amide bonds. The Morgan fingerprint density at radius 2 is 1.80 bits per heavy atom. The summed E-state index contributed by atoms with van der Waals surface area (Å²) in [6.07, 6.45) is 1.57. The average Bonchev–Trinajstić information content (AvgIpc) is 2.84. The van der Waals surface area contributed by atoms with Crippen LogP contribution in [0.1, 0.15) is 5.56 Å². The Balaban J connectivity index is 1.80. The number of benzene rings is 2. The monoisotopic (exact) mass is 304 g/mol. The molecule has 20 heavy (non-hydrogen) atoms. The molecule has 1 heterocycles. The third kappa shape index (κ3) is 2.61. The minimum absolute atomic E-state index is 0.549. The zero-order valence-electron chi connectivity index (χ0n) is 10.3. The van der Waals surface area contributed by atoms with Crippen LogP contribution < -0.4 is 5.43 Å². The second kappa shape index (κ2) is 5.53. The van der Waals surface area contributed by atoms with Crippen molar-refractivity contribution in [3.63, 3.8) is 0 Å². The zero-order valence-corrected chi connectivity index (χ0v) is 11.8. The third-order valence-electron chi connectivity index (χ3n) is 2.75. The molecule has 2 N–H and O–H groups in total. The first kappa shape index (κ1) is 13.0. The lowest BCUT2D eigenvalue weighted by atomic mass is 10.2. The second-order valence-corrected chi connectivity index (χ2v) is 4.92. The number of nitrogens with zero attached hydrogens (tertiary/aromatic N) is 2. The number of fused-ring (bicyclic) bond motifs is 1. The quantitative estimate of drug-likeness (QED) is 0.559. The molecule has 4 nitrogen and oxygen atoms in total. The summed E-state index contributed by atoms with van der Waals surface area (Å²) in [5.41, 5.74) is 5.31. The van der Waals surface area contributed by atoms with Crippen LogP contribution in [0.5, 0.6) is 0 Å². The van der Waals surface area contributed by atoms with E-state index < -0.39 is 0 Å². The number of anilines is 1. The SMILES string of the molecule is Clc1cccc(Cl)c1/C=N\Nc1nc2ccccc2[nH]1. The minimum Gasteiger partial charge on any atom is -0.323 e. The Morgan fingerprint density at radius 3 is 2.55 bits per heavy atom. The largest absolute Gasteiger partial charge is 0.323 e. The average molecular weight is 305 g/mol. The van der Waals surface area contributed by atoms with Gasteiger partial charge in [-0.1, -0.05) is 41.4 Å². The number of nitrogens with one attached hydrogen (secondary N) is 2. The number of imidazole rings is 1. The fourth-order valence-corrected chi connectivity index (χ4v) is 2.29. The van der Waals surface area contributed by atoms with Gasteiger partial charge in [0.25, 0.3) is 0 Å². The van der Waals surface area contributed by atoms with E-state index in [9.17, 15) is 0 Å². The molecule has 3 aromatic rings. The maximum Gasteiger partial charge on any atom is 0.222 e. The topological polar surface area (TPSA) is 53.1 Å². The van der Waals surface area contributed by atoms with Gasteiger partial charge in [-0.2, -0.15) is 5.10 Å². The Kier molecular flexibility index (Phi) is 3.58. The van der Waals surface area contributed by atoms with Crippen molar-refractivity contribution in [2.75, 3.05) is 5.43 Å². The first-order valence-corrected chi connectivity index (χ1v) is 6.67. The van der Waals surface area contributed by atoms with Crippen molar-refractivity contribution in [2.45, 2.75) is 0 Å². The number of H-pyrrole nitrogens is 1. The van der Waals surface area contributed by atoms with Gasteiger partial charge in [0, 0.05) is 5.56 Å². The van der Waals surface area contributed by atoms with Crippen molar-refractivity contribution >= 4 is 46.4 Å². The van der Waals surface area contributed by atoms with E-state index in [2.05, 4.69) is 20.5 Å². The summed E-state index contributed by atoms with van der Waals surface area (Å²) in [5, 5.41) is 5.19. The summed E-state index contributed by atoms with van der Waals surface area (Å²) in [4.78, 5) is 7.45. The molecule has 3 rings (SSSR count). The molecule has 0 aliphatic carbocycles. The Morgan fingerprint density at radius 1 is 1.05 bits per heavy atom. The fraction of sp³-hybridized carbons (Fsp3) is 0. The van der Waals surface area contributed by atoms with Gasteiger partial charge in [-0.15, -0.1) is 0 Å². The van der Waals surface area contributed by atoms with Crippen LogP contribution in [0.3, 0.4) is 0 Å². The molecule has 2 aromatic carbocycles. The van der Waals surface area contributed by atoms with E-state index in [0.29, 0.717) is 21.6 Å². The molecule has 0 saturated carbocycles. The number of rotatable bonds is 3. The van der Waals surface area contributed by atoms with Gasteiger partial charge in [0.05, 0.1) is 27.3 Å². The highest BCUT2D eigenvalue weighted by Crippen LogP contribution is 2.22. The van der Waals surface area contributed by atoms with Crippen LogP contribution in [0.15, 0.2) is 47.6 Å². The van der Waals surface area contributed by atoms with Gasteiger partial charge in [-0.3, -0.25) is 0 Å². The number of aromatic nitrogens is 2. The van der Waals surface area contributed by atoms with Gasteiger partial charge in [0.2, 0.25) is 5.95 Å². The number of para-hydroxylation sites is 2. The molecule has 100 valence electrons. The highest BCUT2D eigenvalue weighted by atomic mass is 35.5. The van der Waals surface area contributed by atoms with Crippen LogP contribution in [0.25, 0.3) is 11.0 Å². The van der Waals surface area contributed by atoms with Crippen LogP contribution in [0.2, 0.25) is 10.0 Å². The van der Waals surface area contributed by atoms with Crippen molar-refractivity contribution in [1.29, 1.82) is 0 Å². The van der Waals surface area contributed by atoms with E-state index in [1.54, 1.807) is 24.4 Å². The number of hydrazone groups is 1. The van der Waals surface area contributed by atoms with Crippen molar-refractivity contribution in [1.82, 2.24) is 9.97 Å². The van der Waals surface area contributed by atoms with E-state index in [1.165, 1.54) is 0 Å². The maximum absolute atomic E-state index is 6.05. The first-order chi connectivity index (χ1) is 9.74. The van der Waals surface area contributed by atoms with Crippen LogP contribution in [0, 0.1) is 0 Å². The van der Waals surface area contributed by atoms with Gasteiger partial charge in [-0.25, -0.2) is 10.4 Å². The van der Waals surface area contributed by atoms with Gasteiger partial charge in [0.1, 0.15) is 0 Å². The molecule has 0 atom stereocenters. The highest BCUT2D eigenvalue weighted by Gasteiger charge is 2.03. The maximum atomic E-state index is 6.05. The molecule has 0 spiro atoms. The molecular formula is C14H10Cl2N4. The van der Waals surface area contributed by atoms with Gasteiger partial charge in [0.15, 0.2) is 0 Å². The summed E-state index contributed by atoms with van der Waals surface area (Å²) >= 11 is 12.1. The lowest BCUT2D eigenvalue weighted by Gasteiger charge is -2.00. The Labute approximate surface area is 125 Å². The normalized spacial score (nSPS) is 11.3. The van der Waals surface area contributed by atoms with Crippen molar-refractivity contribution in [3.8, 4) is 0 Å². The molecule has 0 aliphatic heterocycles. The zero-order chi connectivity index (χ0) is 13.9. The standard InChI is InChI=1S/C14H10Cl2N4/c15-10-4-3-5-11(16)9(10)8-17-20-14-18-12-6-1-2-7-13(12)19-14/h1-8H,(H2,18,19,20)/b17-8-. The van der Waals surface area contributed by atoms with E-state index >= 15 is 0 Å². The number of hydrogen-bond acceptors (Lipinski definition) is 3. The Hall–Kier alpha value is -2.04. The van der Waals surface area contributed by atoms with Crippen LogP contribution in [-0.2, 0) is 0 Å². The smallest absolute Gasteiger partial charge is 0.222 e. The third-order valence-corrected chi connectivity index (χ3v) is 3.41. The molecule has 0 radical (unpaired) electrons. The molecule has 6 heteroatoms. The molecule has 0 bridgehead atoms. The van der Waals surface area contributed by atoms with Gasteiger partial charge < -0.3 is 4.98 Å². The summed E-state index contributed by atoms with van der Waals surface area (Å²) < 4.78 is 0. The lowest BCUT2D eigenvalue weighted by molar-refractivity contribution is 1.21. The van der Waals surface area contributed by atoms with Crippen LogP contribution in [0.4, 0.5) is 5.95 Å². The summed E-state index contributed by atoms with van der Waals surface area (Å²) in [6, 6.07) is 13.0. The fourth-order valence-electron chi connectivity index (χ4n) is 1.80. The van der Waals surface area contributed by atoms with E-state index in [-0.39, 0.29) is 0 Å².